The smallest absolute Gasteiger partial charge is 0.0453 e. The van der Waals surface area contributed by atoms with Gasteiger partial charge in [-0.15, -0.1) is 0 Å². The van der Waals surface area contributed by atoms with Crippen LogP contribution in [0.15, 0.2) is 36.5 Å². The fourth-order valence-corrected chi connectivity index (χ4v) is 0.995. The molecule has 2 aromatic rings. The molecule has 1 N–H and O–H groups in total. The van der Waals surface area contributed by atoms with E-state index in [2.05, 4.69) is 23.2 Å². The van der Waals surface area contributed by atoms with Crippen LogP contribution in [0.25, 0.3) is 10.9 Å². The fourth-order valence-electron chi connectivity index (χ4n) is 0.995. The van der Waals surface area contributed by atoms with Crippen LogP contribution < -0.4 is 0 Å². The molecule has 0 radical (unpaired) electrons. The summed E-state index contributed by atoms with van der Waals surface area (Å²) in [7, 11) is 0. The summed E-state index contributed by atoms with van der Waals surface area (Å²) in [4.78, 5) is 3.12. The molecular formula is C9H7N2-. The van der Waals surface area contributed by atoms with E-state index in [1.165, 1.54) is 10.9 Å². The van der Waals surface area contributed by atoms with Crippen LogP contribution in [0.4, 0.5) is 0 Å². The second-order valence-electron chi connectivity index (χ2n) is 2.06. The molecule has 0 spiro atoms. The minimum Gasteiger partial charge on any atom is -0.512 e. The number of aromatic amines is 1. The van der Waals surface area contributed by atoms with E-state index in [1.807, 2.05) is 18.3 Å². The second kappa shape index (κ2) is 3.43. The lowest BCUT2D eigenvalue weighted by Gasteiger charge is -1.83. The number of hydrogen-bond donors (Lipinski definition) is 1. The second-order valence-corrected chi connectivity index (χ2v) is 2.06. The van der Waals surface area contributed by atoms with Crippen molar-refractivity contribution in [2.75, 3.05) is 0 Å². The molecule has 54 valence electrons. The van der Waals surface area contributed by atoms with Crippen molar-refractivity contribution in [2.45, 2.75) is 0 Å². The molecule has 1 heterocycles. The summed E-state index contributed by atoms with van der Waals surface area (Å²) in [6, 6.07) is 10.3. The Labute approximate surface area is 65.1 Å². The SMILES string of the molecule is [C-]#N.c1ccc2[nH]ccc2c1. The maximum absolute atomic E-state index is 6.25. The summed E-state index contributed by atoms with van der Waals surface area (Å²) >= 11 is 0. The van der Waals surface area contributed by atoms with Gasteiger partial charge >= 0.3 is 0 Å². The Bertz CT molecular complexity index is 316. The predicted molar refractivity (Wildman–Crippen MR) is 43.3 cm³/mol. The number of aromatic nitrogens is 1. The van der Waals surface area contributed by atoms with Crippen LogP contribution in [0.1, 0.15) is 0 Å². The van der Waals surface area contributed by atoms with Gasteiger partial charge in [0, 0.05) is 11.7 Å². The van der Waals surface area contributed by atoms with E-state index in [0.29, 0.717) is 0 Å². The molecule has 0 bridgehead atoms. The number of nitrogens with zero attached hydrogens (tertiary/aromatic N) is 1. The summed E-state index contributed by atoms with van der Waals surface area (Å²) in [5, 5.41) is 7.53. The lowest BCUT2D eigenvalue weighted by Crippen LogP contribution is -1.61. The van der Waals surface area contributed by atoms with Crippen LogP contribution in [0, 0.1) is 11.8 Å². The summed E-state index contributed by atoms with van der Waals surface area (Å²) in [6.45, 7) is 4.75. The first-order chi connectivity index (χ1) is 5.47. The molecule has 2 rings (SSSR count). The molecule has 0 unspecified atom stereocenters. The van der Waals surface area contributed by atoms with Gasteiger partial charge in [-0.3, -0.25) is 0 Å². The van der Waals surface area contributed by atoms with Crippen LogP contribution in [0.3, 0.4) is 0 Å². The number of hydrogen-bond acceptors (Lipinski definition) is 1. The van der Waals surface area contributed by atoms with E-state index >= 15 is 0 Å². The first-order valence-corrected chi connectivity index (χ1v) is 3.21. The van der Waals surface area contributed by atoms with Gasteiger partial charge in [-0.2, -0.15) is 0 Å². The number of para-hydroxylation sites is 1. The molecule has 0 atom stereocenters. The third kappa shape index (κ3) is 1.39. The Morgan fingerprint density at radius 2 is 1.82 bits per heavy atom. The van der Waals surface area contributed by atoms with Gasteiger partial charge in [-0.25, -0.2) is 0 Å². The third-order valence-electron chi connectivity index (χ3n) is 1.46. The molecule has 0 saturated carbocycles. The standard InChI is InChI=1S/C8H7N.CN/c1-2-4-8-7(3-1)5-6-9-8;1-2/h1-6,9H;/q;-1. The molecule has 1 aromatic carbocycles. The van der Waals surface area contributed by atoms with Gasteiger partial charge in [0.25, 0.3) is 0 Å². The van der Waals surface area contributed by atoms with E-state index in [1.54, 1.807) is 0 Å². The van der Waals surface area contributed by atoms with Gasteiger partial charge in [0.1, 0.15) is 0 Å². The third-order valence-corrected chi connectivity index (χ3v) is 1.46. The van der Waals surface area contributed by atoms with E-state index in [9.17, 15) is 0 Å². The quantitative estimate of drug-likeness (QED) is 0.564. The average Bonchev–Trinajstić information content (AvgIpc) is 2.55. The highest BCUT2D eigenvalue weighted by Crippen LogP contribution is 2.09. The highest BCUT2D eigenvalue weighted by molar-refractivity contribution is 5.78. The van der Waals surface area contributed by atoms with Crippen molar-refractivity contribution >= 4 is 10.9 Å². The minimum absolute atomic E-state index is 1.21. The molecule has 2 nitrogen and oxygen atoms in total. The Kier molecular flexibility index (Phi) is 2.29. The molecule has 11 heavy (non-hydrogen) atoms. The van der Waals surface area contributed by atoms with Crippen LogP contribution in [-0.2, 0) is 0 Å². The highest BCUT2D eigenvalue weighted by atomic mass is 14.6. The van der Waals surface area contributed by atoms with Crippen molar-refractivity contribution in [3.05, 3.63) is 43.1 Å². The van der Waals surface area contributed by atoms with Crippen molar-refractivity contribution in [3.63, 3.8) is 0 Å². The van der Waals surface area contributed by atoms with E-state index in [4.69, 9.17) is 11.8 Å². The molecule has 0 aliphatic heterocycles. The average molecular weight is 143 g/mol. The zero-order valence-corrected chi connectivity index (χ0v) is 5.91. The summed E-state index contributed by atoms with van der Waals surface area (Å²) in [5.74, 6) is 0. The van der Waals surface area contributed by atoms with Crippen molar-refractivity contribution in [1.82, 2.24) is 4.98 Å². The van der Waals surface area contributed by atoms with Crippen molar-refractivity contribution < 1.29 is 0 Å². The topological polar surface area (TPSA) is 39.6 Å². The van der Waals surface area contributed by atoms with Crippen LogP contribution in [0.2, 0.25) is 0 Å². The molecule has 0 aliphatic carbocycles. The molecule has 0 saturated heterocycles. The minimum atomic E-state index is 1.21. The van der Waals surface area contributed by atoms with E-state index in [0.717, 1.165) is 0 Å². The number of benzene rings is 1. The number of fused-ring (bicyclic) bond motifs is 1. The highest BCUT2D eigenvalue weighted by Gasteiger charge is 1.86. The Morgan fingerprint density at radius 1 is 1.09 bits per heavy atom. The molecule has 2 heteroatoms. The van der Waals surface area contributed by atoms with Gasteiger partial charge in [-0.05, 0) is 17.5 Å². The monoisotopic (exact) mass is 143 g/mol. The zero-order valence-electron chi connectivity index (χ0n) is 5.91. The number of nitrogens with one attached hydrogen (secondary N) is 1. The molecule has 0 fully saturated rings. The first-order valence-electron chi connectivity index (χ1n) is 3.21. The maximum Gasteiger partial charge on any atom is 0.0453 e. The summed E-state index contributed by atoms with van der Waals surface area (Å²) in [6.07, 6.45) is 1.95. The Morgan fingerprint density at radius 3 is 2.55 bits per heavy atom. The normalized spacial score (nSPS) is 8.55. The van der Waals surface area contributed by atoms with E-state index < -0.39 is 0 Å². The number of rotatable bonds is 0. The Hall–Kier alpha value is -1.75. The van der Waals surface area contributed by atoms with Crippen molar-refractivity contribution in [2.24, 2.45) is 0 Å². The van der Waals surface area contributed by atoms with Crippen LogP contribution >= 0.6 is 0 Å². The maximum atomic E-state index is 6.25. The van der Waals surface area contributed by atoms with Gasteiger partial charge in [0.05, 0.1) is 0 Å². The van der Waals surface area contributed by atoms with Crippen LogP contribution in [-0.4, -0.2) is 4.98 Å². The van der Waals surface area contributed by atoms with Crippen LogP contribution in [0.5, 0.6) is 0 Å². The lowest BCUT2D eigenvalue weighted by atomic mass is 10.3. The predicted octanol–water partition coefficient (Wildman–Crippen LogP) is 2.26. The summed E-state index contributed by atoms with van der Waals surface area (Å²) < 4.78 is 0. The number of H-pyrrole nitrogens is 1. The van der Waals surface area contributed by atoms with Crippen molar-refractivity contribution in [1.29, 1.82) is 5.26 Å². The molecule has 0 amide bonds. The largest absolute Gasteiger partial charge is 0.512 e. The molecule has 0 aliphatic rings. The van der Waals surface area contributed by atoms with Gasteiger partial charge in [0.2, 0.25) is 0 Å². The zero-order chi connectivity index (χ0) is 8.10. The fraction of sp³-hybridized carbons (Fsp3) is 0. The van der Waals surface area contributed by atoms with Gasteiger partial charge in [0.15, 0.2) is 0 Å². The Balaban J connectivity index is 0.000000281. The van der Waals surface area contributed by atoms with Gasteiger partial charge < -0.3 is 16.8 Å². The van der Waals surface area contributed by atoms with Crippen molar-refractivity contribution in [3.8, 4) is 0 Å². The lowest BCUT2D eigenvalue weighted by molar-refractivity contribution is 1.48. The van der Waals surface area contributed by atoms with Gasteiger partial charge in [-0.1, -0.05) is 18.2 Å². The first kappa shape index (κ1) is 7.36. The summed E-state index contributed by atoms with van der Waals surface area (Å²) in [5.41, 5.74) is 1.21. The molecular weight excluding hydrogens is 136 g/mol. The molecule has 1 aromatic heterocycles. The van der Waals surface area contributed by atoms with E-state index in [-0.39, 0.29) is 0 Å².